The van der Waals surface area contributed by atoms with E-state index in [4.69, 9.17) is 9.47 Å². The van der Waals surface area contributed by atoms with Crippen LogP contribution in [0.1, 0.15) is 42.5 Å². The van der Waals surface area contributed by atoms with E-state index < -0.39 is 6.04 Å². The molecular weight excluding hydrogens is 452 g/mol. The minimum atomic E-state index is -0.625. The van der Waals surface area contributed by atoms with Crippen LogP contribution in [-0.2, 0) is 29.0 Å². The smallest absolute Gasteiger partial charge is 0.243 e. The highest BCUT2D eigenvalue weighted by atomic mass is 16.7. The topological polar surface area (TPSA) is 67.9 Å². The van der Waals surface area contributed by atoms with E-state index in [1.807, 2.05) is 87.5 Å². The number of aryl methyl sites for hydroxylation is 2. The van der Waals surface area contributed by atoms with Crippen molar-refractivity contribution in [2.75, 3.05) is 6.79 Å². The normalized spacial score (nSPS) is 12.9. The van der Waals surface area contributed by atoms with E-state index in [-0.39, 0.29) is 31.1 Å². The van der Waals surface area contributed by atoms with Crippen LogP contribution < -0.4 is 14.8 Å². The van der Waals surface area contributed by atoms with Gasteiger partial charge in [-0.25, -0.2) is 0 Å². The lowest BCUT2D eigenvalue weighted by Crippen LogP contribution is -2.51. The first-order chi connectivity index (χ1) is 17.4. The van der Waals surface area contributed by atoms with Crippen LogP contribution in [0.4, 0.5) is 0 Å². The quantitative estimate of drug-likeness (QED) is 0.446. The maximum Gasteiger partial charge on any atom is 0.243 e. The molecule has 0 radical (unpaired) electrons. The zero-order chi connectivity index (χ0) is 25.5. The third kappa shape index (κ3) is 6.66. The Labute approximate surface area is 213 Å². The lowest BCUT2D eigenvalue weighted by molar-refractivity contribution is -0.141. The van der Waals surface area contributed by atoms with Crippen LogP contribution >= 0.6 is 0 Å². The average molecular weight is 487 g/mol. The molecule has 6 nitrogen and oxygen atoms in total. The summed E-state index contributed by atoms with van der Waals surface area (Å²) in [6.45, 7) is 6.48. The van der Waals surface area contributed by atoms with Gasteiger partial charge in [0.1, 0.15) is 6.04 Å². The standard InChI is InChI=1S/C30H34N2O4/c1-21(2)31-30(34)26(17-23-9-5-4-6-10-23)32(19-25-11-7-8-22(3)16-25)29(33)15-13-24-12-14-27-28(18-24)36-20-35-27/h4-12,14,16,18,21,26H,13,15,17,19-20H2,1-3H3,(H,31,34). The Balaban J connectivity index is 1.59. The van der Waals surface area contributed by atoms with Crippen LogP contribution in [0.5, 0.6) is 11.5 Å². The third-order valence-corrected chi connectivity index (χ3v) is 6.20. The zero-order valence-corrected chi connectivity index (χ0v) is 21.2. The monoisotopic (exact) mass is 486 g/mol. The fourth-order valence-electron chi connectivity index (χ4n) is 4.43. The number of rotatable bonds is 10. The van der Waals surface area contributed by atoms with Crippen molar-refractivity contribution in [1.82, 2.24) is 10.2 Å². The van der Waals surface area contributed by atoms with Crippen molar-refractivity contribution < 1.29 is 19.1 Å². The van der Waals surface area contributed by atoms with E-state index in [1.165, 1.54) is 0 Å². The number of benzene rings is 3. The number of ether oxygens (including phenoxy) is 2. The van der Waals surface area contributed by atoms with Gasteiger partial charge in [-0.15, -0.1) is 0 Å². The van der Waals surface area contributed by atoms with Crippen molar-refractivity contribution in [3.8, 4) is 11.5 Å². The number of hydrogen-bond acceptors (Lipinski definition) is 4. The van der Waals surface area contributed by atoms with E-state index in [1.54, 1.807) is 4.90 Å². The van der Waals surface area contributed by atoms with E-state index in [0.717, 1.165) is 28.0 Å². The summed E-state index contributed by atoms with van der Waals surface area (Å²) in [5.41, 5.74) is 4.13. The summed E-state index contributed by atoms with van der Waals surface area (Å²) in [5.74, 6) is 1.22. The van der Waals surface area contributed by atoms with Gasteiger partial charge in [0.2, 0.25) is 18.6 Å². The van der Waals surface area contributed by atoms with Crippen LogP contribution in [0.25, 0.3) is 0 Å². The predicted octanol–water partition coefficient (Wildman–Crippen LogP) is 4.82. The lowest BCUT2D eigenvalue weighted by Gasteiger charge is -2.32. The van der Waals surface area contributed by atoms with Gasteiger partial charge >= 0.3 is 0 Å². The molecule has 1 heterocycles. The van der Waals surface area contributed by atoms with E-state index in [0.29, 0.717) is 25.1 Å². The Hall–Kier alpha value is -3.80. The van der Waals surface area contributed by atoms with Crippen molar-refractivity contribution in [3.05, 3.63) is 95.1 Å². The van der Waals surface area contributed by atoms with Crippen molar-refractivity contribution in [3.63, 3.8) is 0 Å². The van der Waals surface area contributed by atoms with Crippen LogP contribution in [0, 0.1) is 6.92 Å². The van der Waals surface area contributed by atoms with E-state index >= 15 is 0 Å². The summed E-state index contributed by atoms with van der Waals surface area (Å²) in [4.78, 5) is 28.9. The average Bonchev–Trinajstić information content (AvgIpc) is 3.33. The SMILES string of the molecule is Cc1cccc(CN(C(=O)CCc2ccc3c(c2)OCO3)C(Cc2ccccc2)C(=O)NC(C)C)c1. The molecule has 0 aliphatic carbocycles. The predicted molar refractivity (Wildman–Crippen MR) is 140 cm³/mol. The zero-order valence-electron chi connectivity index (χ0n) is 21.2. The second-order valence-corrected chi connectivity index (χ2v) is 9.57. The molecule has 3 aromatic rings. The Morgan fingerprint density at radius 2 is 1.64 bits per heavy atom. The summed E-state index contributed by atoms with van der Waals surface area (Å²) in [7, 11) is 0. The number of nitrogens with one attached hydrogen (secondary N) is 1. The van der Waals surface area contributed by atoms with Gasteiger partial charge in [0, 0.05) is 25.4 Å². The minimum absolute atomic E-state index is 0.0275. The first-order valence-electron chi connectivity index (χ1n) is 12.5. The Morgan fingerprint density at radius 3 is 2.39 bits per heavy atom. The molecule has 4 rings (SSSR count). The molecule has 36 heavy (non-hydrogen) atoms. The first kappa shape index (κ1) is 25.3. The highest BCUT2D eigenvalue weighted by Gasteiger charge is 2.30. The number of nitrogens with zero attached hydrogens (tertiary/aromatic N) is 1. The van der Waals surface area contributed by atoms with Gasteiger partial charge in [-0.05, 0) is 56.0 Å². The summed E-state index contributed by atoms with van der Waals surface area (Å²) in [6.07, 6.45) is 1.27. The molecule has 188 valence electrons. The number of carbonyl (C=O) groups is 2. The van der Waals surface area contributed by atoms with Gasteiger partial charge in [-0.1, -0.05) is 66.2 Å². The van der Waals surface area contributed by atoms with Crippen LogP contribution in [0.15, 0.2) is 72.8 Å². The van der Waals surface area contributed by atoms with Crippen molar-refractivity contribution in [1.29, 1.82) is 0 Å². The highest BCUT2D eigenvalue weighted by Crippen LogP contribution is 2.33. The summed E-state index contributed by atoms with van der Waals surface area (Å²) >= 11 is 0. The fourth-order valence-corrected chi connectivity index (χ4v) is 4.43. The second kappa shape index (κ2) is 11.8. The molecule has 0 fully saturated rings. The van der Waals surface area contributed by atoms with Crippen molar-refractivity contribution in [2.24, 2.45) is 0 Å². The minimum Gasteiger partial charge on any atom is -0.454 e. The number of amides is 2. The Kier molecular flexibility index (Phi) is 8.26. The largest absolute Gasteiger partial charge is 0.454 e. The van der Waals surface area contributed by atoms with E-state index in [2.05, 4.69) is 11.4 Å². The van der Waals surface area contributed by atoms with E-state index in [9.17, 15) is 9.59 Å². The molecule has 1 atom stereocenters. The third-order valence-electron chi connectivity index (χ3n) is 6.20. The molecule has 2 amide bonds. The first-order valence-corrected chi connectivity index (χ1v) is 12.5. The van der Waals surface area contributed by atoms with Gasteiger partial charge in [0.15, 0.2) is 11.5 Å². The van der Waals surface area contributed by atoms with Gasteiger partial charge in [0.05, 0.1) is 0 Å². The molecule has 0 saturated heterocycles. The van der Waals surface area contributed by atoms with Crippen LogP contribution in [0.3, 0.4) is 0 Å². The molecule has 6 heteroatoms. The van der Waals surface area contributed by atoms with Gasteiger partial charge in [-0.3, -0.25) is 9.59 Å². The molecule has 3 aromatic carbocycles. The lowest BCUT2D eigenvalue weighted by atomic mass is 10.0. The van der Waals surface area contributed by atoms with Crippen molar-refractivity contribution in [2.45, 2.75) is 58.7 Å². The Bertz CT molecular complexity index is 1190. The van der Waals surface area contributed by atoms with Crippen LogP contribution in [-0.4, -0.2) is 35.6 Å². The molecule has 0 bridgehead atoms. The van der Waals surface area contributed by atoms with Gasteiger partial charge in [-0.2, -0.15) is 0 Å². The van der Waals surface area contributed by atoms with Gasteiger partial charge in [0.25, 0.3) is 0 Å². The molecule has 0 saturated carbocycles. The molecule has 1 aliphatic rings. The maximum atomic E-state index is 13.8. The Morgan fingerprint density at radius 1 is 0.889 bits per heavy atom. The number of hydrogen-bond donors (Lipinski definition) is 1. The number of carbonyl (C=O) groups excluding carboxylic acids is 2. The number of fused-ring (bicyclic) bond motifs is 1. The summed E-state index contributed by atoms with van der Waals surface area (Å²) < 4.78 is 10.9. The second-order valence-electron chi connectivity index (χ2n) is 9.57. The molecule has 1 N–H and O–H groups in total. The molecule has 0 spiro atoms. The molecule has 1 aliphatic heterocycles. The molecule has 0 aromatic heterocycles. The summed E-state index contributed by atoms with van der Waals surface area (Å²) in [5, 5.41) is 3.03. The summed E-state index contributed by atoms with van der Waals surface area (Å²) in [6, 6.07) is 23.1. The maximum absolute atomic E-state index is 13.8. The fraction of sp³-hybridized carbons (Fsp3) is 0.333. The van der Waals surface area contributed by atoms with Gasteiger partial charge < -0.3 is 19.7 Å². The molecule has 1 unspecified atom stereocenters. The van der Waals surface area contributed by atoms with Crippen molar-refractivity contribution >= 4 is 11.8 Å². The van der Waals surface area contributed by atoms with Crippen LogP contribution in [0.2, 0.25) is 0 Å². The molecular formula is C30H34N2O4. The highest BCUT2D eigenvalue weighted by molar-refractivity contribution is 5.88.